The van der Waals surface area contributed by atoms with Crippen LogP contribution in [0.1, 0.15) is 37.0 Å². The van der Waals surface area contributed by atoms with Crippen LogP contribution in [0, 0.1) is 0 Å². The van der Waals surface area contributed by atoms with Crippen molar-refractivity contribution in [2.75, 3.05) is 25.5 Å². The van der Waals surface area contributed by atoms with Gasteiger partial charge in [-0.15, -0.1) is 0 Å². The van der Waals surface area contributed by atoms with E-state index in [0.29, 0.717) is 43.2 Å². The third-order valence-electron chi connectivity index (χ3n) is 2.73. The zero-order valence-corrected chi connectivity index (χ0v) is 12.5. The van der Waals surface area contributed by atoms with Gasteiger partial charge in [0, 0.05) is 13.0 Å². The Labute approximate surface area is 124 Å². The van der Waals surface area contributed by atoms with Crippen LogP contribution >= 0.6 is 0 Å². The fourth-order valence-corrected chi connectivity index (χ4v) is 1.80. The van der Waals surface area contributed by atoms with Crippen LogP contribution < -0.4 is 15.8 Å². The predicted octanol–water partition coefficient (Wildman–Crippen LogP) is 1.74. The van der Waals surface area contributed by atoms with Crippen LogP contribution in [0.2, 0.25) is 0 Å². The van der Waals surface area contributed by atoms with E-state index in [9.17, 15) is 9.59 Å². The normalized spacial score (nSPS) is 10.0. The third kappa shape index (κ3) is 5.33. The first kappa shape index (κ1) is 16.8. The standard InChI is InChI=1S/C15H22N2O4/c1-3-20-13(18)9-6-10-17-15(19)11-7-5-8-12(16)14(11)21-4-2/h5,7-8H,3-4,6,9-10,16H2,1-2H3,(H,17,19). The third-order valence-corrected chi connectivity index (χ3v) is 2.73. The lowest BCUT2D eigenvalue weighted by Gasteiger charge is -2.12. The van der Waals surface area contributed by atoms with Gasteiger partial charge in [-0.25, -0.2) is 0 Å². The van der Waals surface area contributed by atoms with Gasteiger partial charge in [0.25, 0.3) is 5.91 Å². The van der Waals surface area contributed by atoms with Crippen molar-refractivity contribution in [2.24, 2.45) is 0 Å². The second-order valence-electron chi connectivity index (χ2n) is 4.32. The molecule has 0 aliphatic rings. The Bertz CT molecular complexity index is 489. The molecule has 3 N–H and O–H groups in total. The van der Waals surface area contributed by atoms with Crippen molar-refractivity contribution in [1.82, 2.24) is 5.32 Å². The van der Waals surface area contributed by atoms with Gasteiger partial charge >= 0.3 is 5.97 Å². The molecular formula is C15H22N2O4. The number of carbonyl (C=O) groups excluding carboxylic acids is 2. The molecule has 1 amide bonds. The molecule has 0 spiro atoms. The van der Waals surface area contributed by atoms with Crippen LogP contribution in [0.4, 0.5) is 5.69 Å². The Balaban J connectivity index is 2.52. The van der Waals surface area contributed by atoms with Crippen LogP contribution in [0.5, 0.6) is 5.75 Å². The van der Waals surface area contributed by atoms with E-state index >= 15 is 0 Å². The minimum Gasteiger partial charge on any atom is -0.491 e. The number of nitrogens with one attached hydrogen (secondary N) is 1. The number of nitrogen functional groups attached to an aromatic ring is 1. The van der Waals surface area contributed by atoms with Crippen LogP contribution in [0.15, 0.2) is 18.2 Å². The average Bonchev–Trinajstić information content (AvgIpc) is 2.46. The van der Waals surface area contributed by atoms with Crippen molar-refractivity contribution in [1.29, 1.82) is 0 Å². The van der Waals surface area contributed by atoms with E-state index in [1.807, 2.05) is 6.92 Å². The maximum atomic E-state index is 12.1. The van der Waals surface area contributed by atoms with Gasteiger partial charge in [0.2, 0.25) is 0 Å². The van der Waals surface area contributed by atoms with Gasteiger partial charge in [-0.05, 0) is 32.4 Å². The highest BCUT2D eigenvalue weighted by Crippen LogP contribution is 2.26. The summed E-state index contributed by atoms with van der Waals surface area (Å²) < 4.78 is 10.2. The summed E-state index contributed by atoms with van der Waals surface area (Å²) in [5.41, 5.74) is 6.63. The van der Waals surface area contributed by atoms with Gasteiger partial charge in [0.1, 0.15) is 0 Å². The predicted molar refractivity (Wildman–Crippen MR) is 80.2 cm³/mol. The van der Waals surface area contributed by atoms with Crippen molar-refractivity contribution >= 4 is 17.6 Å². The van der Waals surface area contributed by atoms with E-state index in [2.05, 4.69) is 5.32 Å². The van der Waals surface area contributed by atoms with Crippen LogP contribution in [0.25, 0.3) is 0 Å². The molecule has 0 aromatic heterocycles. The highest BCUT2D eigenvalue weighted by atomic mass is 16.5. The van der Waals surface area contributed by atoms with Crippen molar-refractivity contribution in [3.63, 3.8) is 0 Å². The second kappa shape index (κ2) is 8.84. The monoisotopic (exact) mass is 294 g/mol. The molecule has 0 unspecified atom stereocenters. The Morgan fingerprint density at radius 3 is 2.67 bits per heavy atom. The highest BCUT2D eigenvalue weighted by molar-refractivity contribution is 5.98. The van der Waals surface area contributed by atoms with Gasteiger partial charge in [0.05, 0.1) is 24.5 Å². The quantitative estimate of drug-likeness (QED) is 0.433. The number of nitrogens with two attached hydrogens (primary N) is 1. The summed E-state index contributed by atoms with van der Waals surface area (Å²) in [6.45, 7) is 4.77. The van der Waals surface area contributed by atoms with E-state index in [1.165, 1.54) is 0 Å². The van der Waals surface area contributed by atoms with Crippen molar-refractivity contribution in [2.45, 2.75) is 26.7 Å². The Kier molecular flexibility index (Phi) is 7.08. The molecule has 116 valence electrons. The van der Waals surface area contributed by atoms with Gasteiger partial charge in [0.15, 0.2) is 5.75 Å². The number of hydrogen-bond donors (Lipinski definition) is 2. The molecule has 0 radical (unpaired) electrons. The number of benzene rings is 1. The molecule has 1 rings (SSSR count). The fraction of sp³-hybridized carbons (Fsp3) is 0.467. The largest absolute Gasteiger partial charge is 0.491 e. The zero-order chi connectivity index (χ0) is 15.7. The van der Waals surface area contributed by atoms with Crippen molar-refractivity contribution in [3.05, 3.63) is 23.8 Å². The minimum atomic E-state index is -0.269. The molecule has 6 heteroatoms. The molecule has 1 aromatic carbocycles. The first-order chi connectivity index (χ1) is 10.1. The Hall–Kier alpha value is -2.24. The molecule has 0 saturated carbocycles. The van der Waals surface area contributed by atoms with Crippen LogP contribution in [0.3, 0.4) is 0 Å². The van der Waals surface area contributed by atoms with E-state index in [1.54, 1.807) is 25.1 Å². The van der Waals surface area contributed by atoms with E-state index in [-0.39, 0.29) is 18.3 Å². The van der Waals surface area contributed by atoms with Gasteiger partial charge < -0.3 is 20.5 Å². The molecule has 0 aliphatic carbocycles. The molecule has 0 heterocycles. The van der Waals surface area contributed by atoms with E-state index in [0.717, 1.165) is 0 Å². The first-order valence-electron chi connectivity index (χ1n) is 7.05. The van der Waals surface area contributed by atoms with Gasteiger partial charge in [-0.1, -0.05) is 6.07 Å². The molecule has 0 aliphatic heterocycles. The van der Waals surface area contributed by atoms with Gasteiger partial charge in [-0.2, -0.15) is 0 Å². The molecule has 6 nitrogen and oxygen atoms in total. The SMILES string of the molecule is CCOC(=O)CCCNC(=O)c1cccc(N)c1OCC. The second-order valence-corrected chi connectivity index (χ2v) is 4.32. The number of anilines is 1. The maximum Gasteiger partial charge on any atom is 0.305 e. The fourth-order valence-electron chi connectivity index (χ4n) is 1.80. The summed E-state index contributed by atoms with van der Waals surface area (Å²) in [4.78, 5) is 23.3. The highest BCUT2D eigenvalue weighted by Gasteiger charge is 2.14. The van der Waals surface area contributed by atoms with Crippen LogP contribution in [-0.4, -0.2) is 31.6 Å². The number of amides is 1. The molecule has 1 aromatic rings. The molecule has 0 atom stereocenters. The summed E-state index contributed by atoms with van der Waals surface area (Å²) in [7, 11) is 0. The van der Waals surface area contributed by atoms with Gasteiger partial charge in [-0.3, -0.25) is 9.59 Å². The zero-order valence-electron chi connectivity index (χ0n) is 12.5. The lowest BCUT2D eigenvalue weighted by molar-refractivity contribution is -0.143. The molecular weight excluding hydrogens is 272 g/mol. The lowest BCUT2D eigenvalue weighted by atomic mass is 10.1. The van der Waals surface area contributed by atoms with E-state index in [4.69, 9.17) is 15.2 Å². The summed E-state index contributed by atoms with van der Waals surface area (Å²) in [5, 5.41) is 2.74. The van der Waals surface area contributed by atoms with E-state index < -0.39 is 0 Å². The Morgan fingerprint density at radius 1 is 1.24 bits per heavy atom. The maximum absolute atomic E-state index is 12.1. The number of para-hydroxylation sites is 1. The summed E-state index contributed by atoms with van der Waals surface area (Å²) in [6.07, 6.45) is 0.806. The number of esters is 1. The smallest absolute Gasteiger partial charge is 0.305 e. The number of rotatable bonds is 8. The number of hydrogen-bond acceptors (Lipinski definition) is 5. The molecule has 21 heavy (non-hydrogen) atoms. The molecule has 0 saturated heterocycles. The number of ether oxygens (including phenoxy) is 2. The lowest BCUT2D eigenvalue weighted by Crippen LogP contribution is -2.26. The van der Waals surface area contributed by atoms with Crippen molar-refractivity contribution in [3.8, 4) is 5.75 Å². The van der Waals surface area contributed by atoms with Crippen LogP contribution in [-0.2, 0) is 9.53 Å². The Morgan fingerprint density at radius 2 is 2.00 bits per heavy atom. The van der Waals surface area contributed by atoms with Crippen molar-refractivity contribution < 1.29 is 19.1 Å². The summed E-state index contributed by atoms with van der Waals surface area (Å²) in [5.74, 6) is -0.136. The molecule has 0 fully saturated rings. The minimum absolute atomic E-state index is 0.259. The topological polar surface area (TPSA) is 90.7 Å². The average molecular weight is 294 g/mol. The first-order valence-corrected chi connectivity index (χ1v) is 7.05. The molecule has 0 bridgehead atoms. The summed E-state index contributed by atoms with van der Waals surface area (Å²) >= 11 is 0. The summed E-state index contributed by atoms with van der Waals surface area (Å²) in [6, 6.07) is 5.04. The number of carbonyl (C=O) groups is 2.